The number of halogens is 4. The van der Waals surface area contributed by atoms with Crippen molar-refractivity contribution < 1.29 is 22.4 Å². The van der Waals surface area contributed by atoms with Gasteiger partial charge in [0.15, 0.2) is 0 Å². The molecule has 4 rings (SSSR count). The number of alkyl halides is 3. The standard InChI is InChI=1S/C24H18F4N4O/c1-15(17-7-12-21(29-13-17)24(26,27)28)30-23(33)20-14-32(19-10-8-18(25)9-11-19)31-22(20)16-5-3-2-4-6-16/h2-15H,1H3,(H,30,33)/t15-/m1/s1. The molecule has 1 N–H and O–H groups in total. The number of amides is 1. The van der Waals surface area contributed by atoms with Gasteiger partial charge in [-0.3, -0.25) is 9.78 Å². The van der Waals surface area contributed by atoms with Crippen molar-refractivity contribution in [2.24, 2.45) is 0 Å². The zero-order valence-corrected chi connectivity index (χ0v) is 17.3. The Balaban J connectivity index is 1.64. The van der Waals surface area contributed by atoms with Gasteiger partial charge in [0.1, 0.15) is 17.2 Å². The lowest BCUT2D eigenvalue weighted by Crippen LogP contribution is -2.27. The normalized spacial score (nSPS) is 12.4. The van der Waals surface area contributed by atoms with Gasteiger partial charge in [0, 0.05) is 18.0 Å². The quantitative estimate of drug-likeness (QED) is 0.401. The van der Waals surface area contributed by atoms with Gasteiger partial charge in [-0.15, -0.1) is 0 Å². The minimum atomic E-state index is -4.54. The summed E-state index contributed by atoms with van der Waals surface area (Å²) in [7, 11) is 0. The molecule has 1 amide bonds. The SMILES string of the molecule is C[C@@H](NC(=O)c1cn(-c2ccc(F)cc2)nc1-c1ccccc1)c1ccc(C(F)(F)F)nc1. The predicted molar refractivity (Wildman–Crippen MR) is 114 cm³/mol. The molecule has 0 spiro atoms. The maximum Gasteiger partial charge on any atom is 0.433 e. The first kappa shape index (κ1) is 22.2. The van der Waals surface area contributed by atoms with E-state index in [1.807, 2.05) is 18.2 Å². The molecule has 2 heterocycles. The van der Waals surface area contributed by atoms with Gasteiger partial charge in [0.05, 0.1) is 17.3 Å². The van der Waals surface area contributed by atoms with Crippen LogP contribution < -0.4 is 5.32 Å². The number of hydrogen-bond acceptors (Lipinski definition) is 3. The molecule has 0 aliphatic carbocycles. The first-order valence-electron chi connectivity index (χ1n) is 9.97. The fourth-order valence-corrected chi connectivity index (χ4v) is 3.26. The molecule has 0 fully saturated rings. The van der Waals surface area contributed by atoms with E-state index in [0.29, 0.717) is 22.5 Å². The number of nitrogens with zero attached hydrogens (tertiary/aromatic N) is 3. The molecule has 2 aromatic heterocycles. The molecular weight excluding hydrogens is 436 g/mol. The molecule has 0 aliphatic rings. The number of nitrogens with one attached hydrogen (secondary N) is 1. The van der Waals surface area contributed by atoms with Crippen LogP contribution in [0.5, 0.6) is 0 Å². The molecule has 4 aromatic rings. The van der Waals surface area contributed by atoms with Crippen molar-refractivity contribution in [1.29, 1.82) is 0 Å². The highest BCUT2D eigenvalue weighted by Gasteiger charge is 2.32. The Morgan fingerprint density at radius 2 is 1.70 bits per heavy atom. The number of rotatable bonds is 5. The lowest BCUT2D eigenvalue weighted by atomic mass is 10.1. The van der Waals surface area contributed by atoms with Crippen LogP contribution in [-0.2, 0) is 6.18 Å². The zero-order valence-electron chi connectivity index (χ0n) is 17.3. The number of benzene rings is 2. The maximum atomic E-state index is 13.3. The van der Waals surface area contributed by atoms with Gasteiger partial charge in [0.25, 0.3) is 5.91 Å². The summed E-state index contributed by atoms with van der Waals surface area (Å²) < 4.78 is 53.1. The van der Waals surface area contributed by atoms with E-state index in [1.165, 1.54) is 41.2 Å². The largest absolute Gasteiger partial charge is 0.433 e. The lowest BCUT2D eigenvalue weighted by Gasteiger charge is -2.15. The summed E-state index contributed by atoms with van der Waals surface area (Å²) >= 11 is 0. The fourth-order valence-electron chi connectivity index (χ4n) is 3.26. The van der Waals surface area contributed by atoms with Gasteiger partial charge in [-0.2, -0.15) is 18.3 Å². The highest BCUT2D eigenvalue weighted by molar-refractivity contribution is 6.00. The smallest absolute Gasteiger partial charge is 0.345 e. The van der Waals surface area contributed by atoms with Gasteiger partial charge >= 0.3 is 6.18 Å². The molecule has 2 aromatic carbocycles. The Labute approximate surface area is 186 Å². The topological polar surface area (TPSA) is 59.8 Å². The minimum absolute atomic E-state index is 0.261. The van der Waals surface area contributed by atoms with E-state index in [2.05, 4.69) is 15.4 Å². The second kappa shape index (κ2) is 8.85. The van der Waals surface area contributed by atoms with E-state index in [0.717, 1.165) is 12.3 Å². The molecule has 5 nitrogen and oxygen atoms in total. The molecule has 0 radical (unpaired) electrons. The molecule has 0 saturated heterocycles. The van der Waals surface area contributed by atoms with E-state index in [1.54, 1.807) is 19.1 Å². The number of hydrogen-bond donors (Lipinski definition) is 1. The number of carbonyl (C=O) groups excluding carboxylic acids is 1. The summed E-state index contributed by atoms with van der Waals surface area (Å²) in [6.45, 7) is 1.65. The summed E-state index contributed by atoms with van der Waals surface area (Å²) in [5, 5.41) is 7.30. The third kappa shape index (κ3) is 4.92. The van der Waals surface area contributed by atoms with E-state index < -0.39 is 29.6 Å². The van der Waals surface area contributed by atoms with Crippen molar-refractivity contribution in [3.05, 3.63) is 102 Å². The number of aromatic nitrogens is 3. The van der Waals surface area contributed by atoms with Crippen LogP contribution in [0.15, 0.2) is 79.1 Å². The molecule has 0 unspecified atom stereocenters. The summed E-state index contributed by atoms with van der Waals surface area (Å²) in [5.41, 5.74) is 1.35. The van der Waals surface area contributed by atoms with Crippen LogP contribution >= 0.6 is 0 Å². The summed E-state index contributed by atoms with van der Waals surface area (Å²) in [4.78, 5) is 16.6. The lowest BCUT2D eigenvalue weighted by molar-refractivity contribution is -0.141. The van der Waals surface area contributed by atoms with E-state index in [-0.39, 0.29) is 5.56 Å². The monoisotopic (exact) mass is 454 g/mol. The Kier molecular flexibility index (Phi) is 5.95. The molecule has 0 aliphatic heterocycles. The Morgan fingerprint density at radius 3 is 2.30 bits per heavy atom. The number of carbonyl (C=O) groups is 1. The van der Waals surface area contributed by atoms with Crippen molar-refractivity contribution in [3.63, 3.8) is 0 Å². The highest BCUT2D eigenvalue weighted by atomic mass is 19.4. The first-order valence-corrected chi connectivity index (χ1v) is 9.97. The minimum Gasteiger partial charge on any atom is -0.345 e. The predicted octanol–water partition coefficient (Wildman–Crippen LogP) is 5.58. The summed E-state index contributed by atoms with van der Waals surface area (Å²) in [6.07, 6.45) is -1.92. The van der Waals surface area contributed by atoms with Gasteiger partial charge in [-0.25, -0.2) is 9.07 Å². The third-order valence-electron chi connectivity index (χ3n) is 5.02. The average molecular weight is 454 g/mol. The Morgan fingerprint density at radius 1 is 1.00 bits per heavy atom. The molecule has 0 bridgehead atoms. The third-order valence-corrected chi connectivity index (χ3v) is 5.02. The van der Waals surface area contributed by atoms with Gasteiger partial charge in [-0.05, 0) is 42.8 Å². The molecule has 168 valence electrons. The molecular formula is C24H18F4N4O. The fraction of sp³-hybridized carbons (Fsp3) is 0.125. The van der Waals surface area contributed by atoms with E-state index >= 15 is 0 Å². The summed E-state index contributed by atoms with van der Waals surface area (Å²) in [6, 6.07) is 16.3. The van der Waals surface area contributed by atoms with Crippen LogP contribution in [0.4, 0.5) is 17.6 Å². The van der Waals surface area contributed by atoms with Gasteiger partial charge < -0.3 is 5.32 Å². The second-order valence-electron chi connectivity index (χ2n) is 7.35. The van der Waals surface area contributed by atoms with E-state index in [4.69, 9.17) is 0 Å². The van der Waals surface area contributed by atoms with Crippen LogP contribution in [0.2, 0.25) is 0 Å². The number of pyridine rings is 1. The van der Waals surface area contributed by atoms with Crippen LogP contribution in [0, 0.1) is 5.82 Å². The van der Waals surface area contributed by atoms with Crippen LogP contribution in [-0.4, -0.2) is 20.7 Å². The van der Waals surface area contributed by atoms with Gasteiger partial charge in [0.2, 0.25) is 0 Å². The average Bonchev–Trinajstić information content (AvgIpc) is 3.25. The van der Waals surface area contributed by atoms with Crippen molar-refractivity contribution in [1.82, 2.24) is 20.1 Å². The van der Waals surface area contributed by atoms with Crippen molar-refractivity contribution in [2.75, 3.05) is 0 Å². The first-order chi connectivity index (χ1) is 15.7. The zero-order chi connectivity index (χ0) is 23.6. The van der Waals surface area contributed by atoms with Crippen LogP contribution in [0.1, 0.15) is 34.6 Å². The second-order valence-corrected chi connectivity index (χ2v) is 7.35. The molecule has 33 heavy (non-hydrogen) atoms. The van der Waals surface area contributed by atoms with Gasteiger partial charge in [-0.1, -0.05) is 36.4 Å². The molecule has 9 heteroatoms. The maximum absolute atomic E-state index is 13.3. The Hall–Kier alpha value is -4.01. The summed E-state index contributed by atoms with van der Waals surface area (Å²) in [5.74, 6) is -0.860. The highest BCUT2D eigenvalue weighted by Crippen LogP contribution is 2.28. The van der Waals surface area contributed by atoms with Crippen molar-refractivity contribution in [3.8, 4) is 16.9 Å². The van der Waals surface area contributed by atoms with E-state index in [9.17, 15) is 22.4 Å². The molecule has 1 atom stereocenters. The van der Waals surface area contributed by atoms with Crippen LogP contribution in [0.3, 0.4) is 0 Å². The van der Waals surface area contributed by atoms with Crippen molar-refractivity contribution in [2.45, 2.75) is 19.1 Å². The Bertz CT molecular complexity index is 1250. The van der Waals surface area contributed by atoms with Crippen LogP contribution in [0.25, 0.3) is 16.9 Å². The van der Waals surface area contributed by atoms with Crippen molar-refractivity contribution >= 4 is 5.91 Å². The molecule has 0 saturated carbocycles.